The van der Waals surface area contributed by atoms with Crippen LogP contribution in [0, 0.1) is 0 Å². The molecule has 1 amide bonds. The van der Waals surface area contributed by atoms with Gasteiger partial charge in [-0.15, -0.1) is 0 Å². The largest absolute Gasteiger partial charge is 0.349 e. The van der Waals surface area contributed by atoms with Crippen LogP contribution in [0.1, 0.15) is 24.2 Å². The highest BCUT2D eigenvalue weighted by atomic mass is 16.7. The second-order valence-corrected chi connectivity index (χ2v) is 4.15. The molecule has 1 aliphatic heterocycles. The van der Waals surface area contributed by atoms with Crippen LogP contribution in [0.2, 0.25) is 0 Å². The van der Waals surface area contributed by atoms with Gasteiger partial charge in [-0.1, -0.05) is 0 Å². The van der Waals surface area contributed by atoms with Crippen molar-refractivity contribution in [2.75, 3.05) is 13.2 Å². The summed E-state index contributed by atoms with van der Waals surface area (Å²) in [6.45, 7) is 4.64. The number of ether oxygens (including phenoxy) is 2. The third-order valence-corrected chi connectivity index (χ3v) is 2.32. The van der Waals surface area contributed by atoms with Crippen molar-refractivity contribution in [3.63, 3.8) is 0 Å². The molecule has 0 radical (unpaired) electrons. The van der Waals surface area contributed by atoms with E-state index in [1.54, 1.807) is 6.20 Å². The van der Waals surface area contributed by atoms with E-state index in [4.69, 9.17) is 9.47 Å². The summed E-state index contributed by atoms with van der Waals surface area (Å²) in [5, 5.41) is 9.05. The van der Waals surface area contributed by atoms with Crippen LogP contribution in [-0.2, 0) is 9.47 Å². The SMILES string of the molecule is CC1(C)OCC(CNC(=O)c2cn[nH]c2)O1. The topological polar surface area (TPSA) is 76.2 Å². The van der Waals surface area contributed by atoms with E-state index in [0.29, 0.717) is 18.7 Å². The summed E-state index contributed by atoms with van der Waals surface area (Å²) in [5.41, 5.74) is 0.512. The monoisotopic (exact) mass is 225 g/mol. The quantitative estimate of drug-likeness (QED) is 0.775. The van der Waals surface area contributed by atoms with E-state index in [1.165, 1.54) is 6.20 Å². The molecule has 6 nitrogen and oxygen atoms in total. The third kappa shape index (κ3) is 2.59. The average Bonchev–Trinajstić information content (AvgIpc) is 2.83. The van der Waals surface area contributed by atoms with Crippen LogP contribution in [0.3, 0.4) is 0 Å². The smallest absolute Gasteiger partial charge is 0.254 e. The van der Waals surface area contributed by atoms with Crippen molar-refractivity contribution in [2.24, 2.45) is 0 Å². The van der Waals surface area contributed by atoms with Crippen molar-refractivity contribution in [3.8, 4) is 0 Å². The van der Waals surface area contributed by atoms with E-state index in [2.05, 4.69) is 15.5 Å². The minimum atomic E-state index is -0.551. The highest BCUT2D eigenvalue weighted by Crippen LogP contribution is 2.21. The molecule has 2 N–H and O–H groups in total. The van der Waals surface area contributed by atoms with Gasteiger partial charge >= 0.3 is 0 Å². The predicted octanol–water partition coefficient (Wildman–Crippen LogP) is 0.291. The van der Waals surface area contributed by atoms with E-state index < -0.39 is 5.79 Å². The summed E-state index contributed by atoms with van der Waals surface area (Å²) in [5.74, 6) is -0.715. The number of carbonyl (C=O) groups is 1. The van der Waals surface area contributed by atoms with Gasteiger partial charge in [0, 0.05) is 12.7 Å². The molecular formula is C10H15N3O3. The predicted molar refractivity (Wildman–Crippen MR) is 55.8 cm³/mol. The second-order valence-electron chi connectivity index (χ2n) is 4.15. The fourth-order valence-electron chi connectivity index (χ4n) is 1.55. The molecule has 88 valence electrons. The Balaban J connectivity index is 1.79. The van der Waals surface area contributed by atoms with Crippen molar-refractivity contribution >= 4 is 5.91 Å². The lowest BCUT2D eigenvalue weighted by Crippen LogP contribution is -2.34. The maximum atomic E-state index is 11.6. The lowest BCUT2D eigenvalue weighted by molar-refractivity contribution is -0.137. The molecule has 2 heterocycles. The first kappa shape index (κ1) is 11.1. The van der Waals surface area contributed by atoms with Gasteiger partial charge in [0.15, 0.2) is 5.79 Å². The molecule has 1 aromatic heterocycles. The van der Waals surface area contributed by atoms with Crippen molar-refractivity contribution in [3.05, 3.63) is 18.0 Å². The molecule has 1 atom stereocenters. The first-order valence-corrected chi connectivity index (χ1v) is 5.15. The summed E-state index contributed by atoms with van der Waals surface area (Å²) in [6, 6.07) is 0. The molecule has 16 heavy (non-hydrogen) atoms. The number of rotatable bonds is 3. The number of hydrogen-bond acceptors (Lipinski definition) is 4. The summed E-state index contributed by atoms with van der Waals surface area (Å²) < 4.78 is 10.9. The van der Waals surface area contributed by atoms with Gasteiger partial charge < -0.3 is 14.8 Å². The number of hydrogen-bond donors (Lipinski definition) is 2. The van der Waals surface area contributed by atoms with Gasteiger partial charge in [-0.05, 0) is 13.8 Å². The average molecular weight is 225 g/mol. The lowest BCUT2D eigenvalue weighted by atomic mass is 10.3. The van der Waals surface area contributed by atoms with Crippen LogP contribution >= 0.6 is 0 Å². The van der Waals surface area contributed by atoms with Gasteiger partial charge in [-0.3, -0.25) is 9.89 Å². The van der Waals surface area contributed by atoms with Crippen LogP contribution < -0.4 is 5.32 Å². The molecule has 0 bridgehead atoms. The summed E-state index contributed by atoms with van der Waals surface area (Å²) in [4.78, 5) is 11.6. The molecule has 1 aromatic rings. The minimum absolute atomic E-state index is 0.0918. The molecule has 1 fully saturated rings. The summed E-state index contributed by atoms with van der Waals surface area (Å²) in [6.07, 6.45) is 2.93. The zero-order valence-corrected chi connectivity index (χ0v) is 9.32. The highest BCUT2D eigenvalue weighted by molar-refractivity contribution is 5.93. The van der Waals surface area contributed by atoms with E-state index in [0.717, 1.165) is 0 Å². The molecule has 1 aliphatic rings. The normalized spacial score (nSPS) is 23.2. The number of amides is 1. The first-order chi connectivity index (χ1) is 7.57. The van der Waals surface area contributed by atoms with E-state index in [1.807, 2.05) is 13.8 Å². The van der Waals surface area contributed by atoms with Gasteiger partial charge in [0.2, 0.25) is 0 Å². The molecule has 0 aliphatic carbocycles. The Morgan fingerprint density at radius 1 is 1.75 bits per heavy atom. The molecule has 0 aromatic carbocycles. The van der Waals surface area contributed by atoms with Gasteiger partial charge in [-0.25, -0.2) is 0 Å². The van der Waals surface area contributed by atoms with Crippen LogP contribution in [0.15, 0.2) is 12.4 Å². The van der Waals surface area contributed by atoms with Gasteiger partial charge in [0.1, 0.15) is 6.10 Å². The number of H-pyrrole nitrogens is 1. The summed E-state index contributed by atoms with van der Waals surface area (Å²) in [7, 11) is 0. The van der Waals surface area contributed by atoms with Gasteiger partial charge in [0.05, 0.1) is 18.4 Å². The Morgan fingerprint density at radius 3 is 3.12 bits per heavy atom. The molecule has 1 saturated heterocycles. The van der Waals surface area contributed by atoms with Crippen LogP contribution in [0.4, 0.5) is 0 Å². The second kappa shape index (κ2) is 4.23. The van der Waals surface area contributed by atoms with E-state index >= 15 is 0 Å². The Labute approximate surface area is 93.3 Å². The lowest BCUT2D eigenvalue weighted by Gasteiger charge is -2.17. The Kier molecular flexibility index (Phi) is 2.93. The number of aromatic nitrogens is 2. The van der Waals surface area contributed by atoms with Crippen molar-refractivity contribution in [1.29, 1.82) is 0 Å². The summed E-state index contributed by atoms with van der Waals surface area (Å²) >= 11 is 0. The van der Waals surface area contributed by atoms with Gasteiger partial charge in [-0.2, -0.15) is 5.10 Å². The third-order valence-electron chi connectivity index (χ3n) is 2.32. The van der Waals surface area contributed by atoms with Crippen LogP contribution in [0.25, 0.3) is 0 Å². The Bertz CT molecular complexity index is 361. The molecule has 0 saturated carbocycles. The highest BCUT2D eigenvalue weighted by Gasteiger charge is 2.32. The number of nitrogens with one attached hydrogen (secondary N) is 2. The van der Waals surface area contributed by atoms with Crippen molar-refractivity contribution in [2.45, 2.75) is 25.7 Å². The molecular weight excluding hydrogens is 210 g/mol. The van der Waals surface area contributed by atoms with Gasteiger partial charge in [0.25, 0.3) is 5.91 Å². The Morgan fingerprint density at radius 2 is 2.56 bits per heavy atom. The maximum absolute atomic E-state index is 11.6. The first-order valence-electron chi connectivity index (χ1n) is 5.15. The minimum Gasteiger partial charge on any atom is -0.349 e. The maximum Gasteiger partial charge on any atom is 0.254 e. The molecule has 0 spiro atoms. The number of nitrogens with zero attached hydrogens (tertiary/aromatic N) is 1. The fourth-order valence-corrected chi connectivity index (χ4v) is 1.55. The molecule has 2 rings (SSSR count). The van der Waals surface area contributed by atoms with Crippen LogP contribution in [-0.4, -0.2) is 41.1 Å². The van der Waals surface area contributed by atoms with E-state index in [-0.39, 0.29) is 12.0 Å². The van der Waals surface area contributed by atoms with Crippen LogP contribution in [0.5, 0.6) is 0 Å². The zero-order chi connectivity index (χ0) is 11.6. The van der Waals surface area contributed by atoms with Crippen molar-refractivity contribution < 1.29 is 14.3 Å². The van der Waals surface area contributed by atoms with E-state index in [9.17, 15) is 4.79 Å². The molecule has 6 heteroatoms. The zero-order valence-electron chi connectivity index (χ0n) is 9.32. The Hall–Kier alpha value is -1.40. The fraction of sp³-hybridized carbons (Fsp3) is 0.600. The van der Waals surface area contributed by atoms with Crippen molar-refractivity contribution in [1.82, 2.24) is 15.5 Å². The molecule has 1 unspecified atom stereocenters. The number of aromatic amines is 1. The number of carbonyl (C=O) groups excluding carboxylic acids is 1. The standard InChI is InChI=1S/C10H15N3O3/c1-10(2)15-6-8(16-10)5-11-9(14)7-3-12-13-4-7/h3-4,8H,5-6H2,1-2H3,(H,11,14)(H,12,13).